The van der Waals surface area contributed by atoms with E-state index in [0.717, 1.165) is 25.2 Å². The van der Waals surface area contributed by atoms with Crippen molar-refractivity contribution in [3.8, 4) is 5.75 Å². The van der Waals surface area contributed by atoms with Gasteiger partial charge < -0.3 is 15.4 Å². The highest BCUT2D eigenvalue weighted by atomic mass is 16.5. The average molecular weight is 276 g/mol. The van der Waals surface area contributed by atoms with Crippen LogP contribution in [0.2, 0.25) is 0 Å². The van der Waals surface area contributed by atoms with Gasteiger partial charge in [-0.1, -0.05) is 24.6 Å². The third-order valence-corrected chi connectivity index (χ3v) is 4.33. The number of hydrogen-bond acceptors (Lipinski definition) is 3. The Balaban J connectivity index is 1.90. The maximum atomic E-state index is 6.09. The van der Waals surface area contributed by atoms with E-state index in [0.29, 0.717) is 12.6 Å². The lowest BCUT2D eigenvalue weighted by Gasteiger charge is -2.32. The fourth-order valence-corrected chi connectivity index (χ4v) is 3.08. The van der Waals surface area contributed by atoms with Gasteiger partial charge in [-0.3, -0.25) is 0 Å². The number of nitrogens with two attached hydrogens (primary N) is 1. The number of likely N-dealkylation sites (tertiary alicyclic amines) is 1. The molecular formula is C17H28N2O. The zero-order chi connectivity index (χ0) is 14.4. The van der Waals surface area contributed by atoms with E-state index in [1.807, 2.05) is 0 Å². The van der Waals surface area contributed by atoms with E-state index in [4.69, 9.17) is 10.5 Å². The lowest BCUT2D eigenvalue weighted by molar-refractivity contribution is 0.152. The van der Waals surface area contributed by atoms with E-state index >= 15 is 0 Å². The number of rotatable bonds is 6. The van der Waals surface area contributed by atoms with Crippen molar-refractivity contribution >= 4 is 0 Å². The second-order valence-corrected chi connectivity index (χ2v) is 5.87. The molecule has 1 fully saturated rings. The maximum absolute atomic E-state index is 6.09. The number of para-hydroxylation sites is 1. The highest BCUT2D eigenvalue weighted by Crippen LogP contribution is 2.25. The monoisotopic (exact) mass is 276 g/mol. The van der Waals surface area contributed by atoms with Crippen LogP contribution in [0.25, 0.3) is 0 Å². The summed E-state index contributed by atoms with van der Waals surface area (Å²) in [5, 5.41) is 0. The summed E-state index contributed by atoms with van der Waals surface area (Å²) in [6.45, 7) is 4.82. The summed E-state index contributed by atoms with van der Waals surface area (Å²) in [6.07, 6.45) is 6.01. The van der Waals surface area contributed by atoms with E-state index in [1.54, 1.807) is 0 Å². The Morgan fingerprint density at radius 3 is 2.95 bits per heavy atom. The standard InChI is InChI=1S/C17H28N2O/c1-14-6-5-7-15(9-11-18)17(14)20-13-10-16-8-3-4-12-19(16)2/h5-7,16H,3-4,8-13,18H2,1-2H3. The van der Waals surface area contributed by atoms with Gasteiger partial charge in [0.1, 0.15) is 5.75 Å². The molecule has 0 aromatic heterocycles. The zero-order valence-corrected chi connectivity index (χ0v) is 12.9. The van der Waals surface area contributed by atoms with Crippen LogP contribution in [0, 0.1) is 6.92 Å². The number of benzene rings is 1. The van der Waals surface area contributed by atoms with E-state index in [2.05, 4.69) is 37.1 Å². The predicted octanol–water partition coefficient (Wildman–Crippen LogP) is 2.75. The molecule has 1 aliphatic heterocycles. The molecular weight excluding hydrogens is 248 g/mol. The van der Waals surface area contributed by atoms with Crippen LogP contribution in [0.15, 0.2) is 18.2 Å². The minimum atomic E-state index is 0.672. The van der Waals surface area contributed by atoms with Crippen molar-refractivity contribution in [3.05, 3.63) is 29.3 Å². The summed E-state index contributed by atoms with van der Waals surface area (Å²) in [5.74, 6) is 1.05. The van der Waals surface area contributed by atoms with Crippen LogP contribution in [0.1, 0.15) is 36.8 Å². The second kappa shape index (κ2) is 7.65. The summed E-state index contributed by atoms with van der Waals surface area (Å²) in [5.41, 5.74) is 8.14. The van der Waals surface area contributed by atoms with Crippen molar-refractivity contribution in [1.29, 1.82) is 0 Å². The minimum Gasteiger partial charge on any atom is -0.493 e. The van der Waals surface area contributed by atoms with Crippen LogP contribution in [-0.4, -0.2) is 37.7 Å². The van der Waals surface area contributed by atoms with Crippen LogP contribution in [0.4, 0.5) is 0 Å². The largest absolute Gasteiger partial charge is 0.493 e. The smallest absolute Gasteiger partial charge is 0.125 e. The molecule has 1 aromatic rings. The molecule has 0 saturated carbocycles. The molecule has 1 aromatic carbocycles. The molecule has 3 nitrogen and oxygen atoms in total. The quantitative estimate of drug-likeness (QED) is 0.868. The number of nitrogens with zero attached hydrogens (tertiary/aromatic N) is 1. The van der Waals surface area contributed by atoms with Crippen LogP contribution in [-0.2, 0) is 6.42 Å². The van der Waals surface area contributed by atoms with Crippen molar-refractivity contribution in [2.24, 2.45) is 5.73 Å². The van der Waals surface area contributed by atoms with Gasteiger partial charge in [-0.15, -0.1) is 0 Å². The molecule has 0 aliphatic carbocycles. The lowest BCUT2D eigenvalue weighted by atomic mass is 10.0. The first-order valence-electron chi connectivity index (χ1n) is 7.84. The van der Waals surface area contributed by atoms with Crippen molar-refractivity contribution in [2.75, 3.05) is 26.7 Å². The van der Waals surface area contributed by atoms with Crippen LogP contribution < -0.4 is 10.5 Å². The van der Waals surface area contributed by atoms with Gasteiger partial charge in [-0.2, -0.15) is 0 Å². The van der Waals surface area contributed by atoms with Crippen LogP contribution in [0.3, 0.4) is 0 Å². The maximum Gasteiger partial charge on any atom is 0.125 e. The van der Waals surface area contributed by atoms with Gasteiger partial charge in [-0.05, 0) is 63.9 Å². The van der Waals surface area contributed by atoms with Crippen molar-refractivity contribution in [3.63, 3.8) is 0 Å². The highest BCUT2D eigenvalue weighted by Gasteiger charge is 2.18. The van der Waals surface area contributed by atoms with Crippen LogP contribution in [0.5, 0.6) is 5.75 Å². The van der Waals surface area contributed by atoms with Gasteiger partial charge in [-0.25, -0.2) is 0 Å². The molecule has 112 valence electrons. The SMILES string of the molecule is Cc1cccc(CCN)c1OCCC1CCCCN1C. The summed E-state index contributed by atoms with van der Waals surface area (Å²) in [7, 11) is 2.23. The first-order valence-corrected chi connectivity index (χ1v) is 7.84. The fourth-order valence-electron chi connectivity index (χ4n) is 3.08. The van der Waals surface area contributed by atoms with E-state index in [1.165, 1.54) is 36.9 Å². The van der Waals surface area contributed by atoms with Gasteiger partial charge in [0.15, 0.2) is 0 Å². The summed E-state index contributed by atoms with van der Waals surface area (Å²) < 4.78 is 6.09. The Hall–Kier alpha value is -1.06. The Labute approximate surface area is 123 Å². The molecule has 3 heteroatoms. The molecule has 1 saturated heterocycles. The Kier molecular flexibility index (Phi) is 5.86. The molecule has 0 bridgehead atoms. The first kappa shape index (κ1) is 15.3. The fraction of sp³-hybridized carbons (Fsp3) is 0.647. The number of aryl methyl sites for hydroxylation is 1. The number of hydrogen-bond donors (Lipinski definition) is 1. The second-order valence-electron chi connectivity index (χ2n) is 5.87. The molecule has 0 spiro atoms. The van der Waals surface area contributed by atoms with Crippen molar-refractivity contribution < 1.29 is 4.74 Å². The normalized spacial score (nSPS) is 20.1. The molecule has 1 aliphatic rings. The average Bonchev–Trinajstić information content (AvgIpc) is 2.44. The third kappa shape index (κ3) is 3.97. The third-order valence-electron chi connectivity index (χ3n) is 4.33. The number of piperidine rings is 1. The molecule has 0 radical (unpaired) electrons. The van der Waals surface area contributed by atoms with Crippen molar-refractivity contribution in [1.82, 2.24) is 4.90 Å². The molecule has 1 unspecified atom stereocenters. The Morgan fingerprint density at radius 2 is 2.20 bits per heavy atom. The van der Waals surface area contributed by atoms with E-state index < -0.39 is 0 Å². The van der Waals surface area contributed by atoms with Gasteiger partial charge in [0.25, 0.3) is 0 Å². The first-order chi connectivity index (χ1) is 9.72. The van der Waals surface area contributed by atoms with E-state index in [9.17, 15) is 0 Å². The Bertz CT molecular complexity index is 419. The summed E-state index contributed by atoms with van der Waals surface area (Å²) >= 11 is 0. The topological polar surface area (TPSA) is 38.5 Å². The van der Waals surface area contributed by atoms with Gasteiger partial charge in [0.05, 0.1) is 6.61 Å². The summed E-state index contributed by atoms with van der Waals surface area (Å²) in [4.78, 5) is 2.48. The number of ether oxygens (including phenoxy) is 1. The lowest BCUT2D eigenvalue weighted by Crippen LogP contribution is -2.37. The minimum absolute atomic E-state index is 0.672. The molecule has 2 rings (SSSR count). The predicted molar refractivity (Wildman–Crippen MR) is 84.3 cm³/mol. The molecule has 1 atom stereocenters. The van der Waals surface area contributed by atoms with Gasteiger partial charge in [0.2, 0.25) is 0 Å². The molecule has 0 amide bonds. The molecule has 20 heavy (non-hydrogen) atoms. The molecule has 2 N–H and O–H groups in total. The Morgan fingerprint density at radius 1 is 1.35 bits per heavy atom. The van der Waals surface area contributed by atoms with Gasteiger partial charge in [0, 0.05) is 6.04 Å². The highest BCUT2D eigenvalue weighted by molar-refractivity contribution is 5.40. The van der Waals surface area contributed by atoms with Crippen LogP contribution >= 0.6 is 0 Å². The van der Waals surface area contributed by atoms with E-state index in [-0.39, 0.29) is 0 Å². The van der Waals surface area contributed by atoms with Crippen molar-refractivity contribution in [2.45, 2.75) is 45.1 Å². The molecule has 1 heterocycles. The zero-order valence-electron chi connectivity index (χ0n) is 12.9. The summed E-state index contributed by atoms with van der Waals surface area (Å²) in [6, 6.07) is 7.01. The van der Waals surface area contributed by atoms with Gasteiger partial charge >= 0.3 is 0 Å².